The Balaban J connectivity index is 1.72. The van der Waals surface area contributed by atoms with Crippen molar-refractivity contribution in [2.24, 2.45) is 0 Å². The van der Waals surface area contributed by atoms with Gasteiger partial charge in [0, 0.05) is 37.8 Å². The molecule has 0 bridgehead atoms. The molecule has 0 amide bonds. The minimum atomic E-state index is -0.340. The summed E-state index contributed by atoms with van der Waals surface area (Å²) in [6.45, 7) is 3.29. The fraction of sp³-hybridized carbons (Fsp3) is 0.333. The molecule has 2 heterocycles. The topological polar surface area (TPSA) is 45.7 Å². The fourth-order valence-corrected chi connectivity index (χ4v) is 2.23. The van der Waals surface area contributed by atoms with Crippen molar-refractivity contribution in [1.82, 2.24) is 14.9 Å². The number of aromatic nitrogens is 1. The lowest BCUT2D eigenvalue weighted by Crippen LogP contribution is -2.45. The van der Waals surface area contributed by atoms with Gasteiger partial charge in [-0.05, 0) is 19.2 Å². The van der Waals surface area contributed by atoms with Crippen molar-refractivity contribution < 1.29 is 9.63 Å². The molecule has 3 rings (SSSR count). The van der Waals surface area contributed by atoms with E-state index in [9.17, 15) is 4.79 Å². The summed E-state index contributed by atoms with van der Waals surface area (Å²) in [6.07, 6.45) is 1.57. The number of piperazine rings is 1. The third-order valence-corrected chi connectivity index (χ3v) is 3.50. The van der Waals surface area contributed by atoms with E-state index in [1.165, 1.54) is 0 Å². The van der Waals surface area contributed by atoms with Gasteiger partial charge in [-0.3, -0.25) is 4.98 Å². The second-order valence-corrected chi connectivity index (χ2v) is 5.03. The van der Waals surface area contributed by atoms with Crippen LogP contribution < -0.4 is 0 Å². The van der Waals surface area contributed by atoms with Crippen LogP contribution in [0, 0.1) is 0 Å². The molecule has 5 nitrogen and oxygen atoms in total. The van der Waals surface area contributed by atoms with Gasteiger partial charge in [0.1, 0.15) is 0 Å². The van der Waals surface area contributed by atoms with Crippen molar-refractivity contribution in [3.05, 3.63) is 42.1 Å². The largest absolute Gasteiger partial charge is 0.364 e. The number of hydrogen-bond acceptors (Lipinski definition) is 5. The molecule has 1 aliphatic heterocycles. The Bertz CT molecular complexity index is 621. The van der Waals surface area contributed by atoms with E-state index in [0.717, 1.165) is 37.1 Å². The van der Waals surface area contributed by atoms with Gasteiger partial charge in [-0.2, -0.15) is 0 Å². The first kappa shape index (κ1) is 13.0. The first-order valence-corrected chi connectivity index (χ1v) is 6.73. The highest BCUT2D eigenvalue weighted by molar-refractivity contribution is 5.93. The zero-order chi connectivity index (χ0) is 13.9. The maximum absolute atomic E-state index is 12.1. The highest BCUT2D eigenvalue weighted by Crippen LogP contribution is 2.14. The molecular weight excluding hydrogens is 254 g/mol. The highest BCUT2D eigenvalue weighted by Gasteiger charge is 2.19. The standard InChI is InChI=1S/C15H17N3O2/c1-17-6-8-18(9-7-17)20-15(19)13-10-12-4-2-3-5-14(12)16-11-13/h2-5,10-11H,6-9H2,1H3. The second-order valence-electron chi connectivity index (χ2n) is 5.03. The van der Waals surface area contributed by atoms with Gasteiger partial charge in [0.2, 0.25) is 0 Å². The number of hydrogen-bond donors (Lipinski definition) is 0. The number of nitrogens with zero attached hydrogens (tertiary/aromatic N) is 3. The van der Waals surface area contributed by atoms with Crippen LogP contribution in [-0.4, -0.2) is 54.1 Å². The number of hydroxylamine groups is 2. The average molecular weight is 271 g/mol. The first-order chi connectivity index (χ1) is 9.72. The van der Waals surface area contributed by atoms with Crippen LogP contribution in [0.4, 0.5) is 0 Å². The molecule has 0 aliphatic carbocycles. The van der Waals surface area contributed by atoms with E-state index in [1.54, 1.807) is 11.3 Å². The van der Waals surface area contributed by atoms with Crippen LogP contribution in [-0.2, 0) is 4.84 Å². The molecule has 1 saturated heterocycles. The zero-order valence-electron chi connectivity index (χ0n) is 11.5. The first-order valence-electron chi connectivity index (χ1n) is 6.73. The number of carbonyl (C=O) groups is 1. The molecule has 104 valence electrons. The maximum atomic E-state index is 12.1. The summed E-state index contributed by atoms with van der Waals surface area (Å²) in [5.74, 6) is -0.340. The molecule has 1 aromatic carbocycles. The van der Waals surface area contributed by atoms with E-state index >= 15 is 0 Å². The molecule has 5 heteroatoms. The van der Waals surface area contributed by atoms with Gasteiger partial charge in [0.05, 0.1) is 11.1 Å². The summed E-state index contributed by atoms with van der Waals surface area (Å²) in [5.41, 5.74) is 1.37. The summed E-state index contributed by atoms with van der Waals surface area (Å²) in [7, 11) is 2.06. The van der Waals surface area contributed by atoms with E-state index in [-0.39, 0.29) is 5.97 Å². The lowest BCUT2D eigenvalue weighted by Gasteiger charge is -2.30. The predicted molar refractivity (Wildman–Crippen MR) is 76.2 cm³/mol. The van der Waals surface area contributed by atoms with Gasteiger partial charge in [0.25, 0.3) is 0 Å². The number of likely N-dealkylation sites (N-methyl/N-ethyl adjacent to an activating group) is 1. The van der Waals surface area contributed by atoms with Crippen LogP contribution in [0.15, 0.2) is 36.5 Å². The number of benzene rings is 1. The van der Waals surface area contributed by atoms with Crippen LogP contribution in [0.3, 0.4) is 0 Å². The smallest absolute Gasteiger partial charge is 0.358 e. The Morgan fingerprint density at radius 3 is 2.75 bits per heavy atom. The van der Waals surface area contributed by atoms with Crippen molar-refractivity contribution in [2.75, 3.05) is 33.2 Å². The van der Waals surface area contributed by atoms with Gasteiger partial charge in [-0.1, -0.05) is 18.2 Å². The van der Waals surface area contributed by atoms with Crippen molar-refractivity contribution >= 4 is 16.9 Å². The number of carbonyl (C=O) groups excluding carboxylic acids is 1. The van der Waals surface area contributed by atoms with Crippen LogP contribution in [0.2, 0.25) is 0 Å². The molecule has 20 heavy (non-hydrogen) atoms. The lowest BCUT2D eigenvalue weighted by molar-refractivity contribution is -0.127. The quantitative estimate of drug-likeness (QED) is 0.829. The molecule has 0 spiro atoms. The van der Waals surface area contributed by atoms with Crippen LogP contribution >= 0.6 is 0 Å². The normalized spacial score (nSPS) is 17.2. The summed E-state index contributed by atoms with van der Waals surface area (Å²) >= 11 is 0. The van der Waals surface area contributed by atoms with Crippen molar-refractivity contribution in [3.8, 4) is 0 Å². The van der Waals surface area contributed by atoms with Gasteiger partial charge < -0.3 is 9.74 Å². The number of para-hydroxylation sites is 1. The van der Waals surface area contributed by atoms with Crippen LogP contribution in [0.25, 0.3) is 10.9 Å². The molecule has 0 atom stereocenters. The monoisotopic (exact) mass is 271 g/mol. The predicted octanol–water partition coefficient (Wildman–Crippen LogP) is 1.55. The summed E-state index contributed by atoms with van der Waals surface area (Å²) in [4.78, 5) is 24.0. The summed E-state index contributed by atoms with van der Waals surface area (Å²) in [5, 5.41) is 2.66. The molecule has 0 radical (unpaired) electrons. The maximum Gasteiger partial charge on any atom is 0.358 e. The van der Waals surface area contributed by atoms with Gasteiger partial charge in [0.15, 0.2) is 0 Å². The molecule has 2 aromatic rings. The Kier molecular flexibility index (Phi) is 3.62. The molecular formula is C15H17N3O2. The van der Waals surface area contributed by atoms with E-state index in [4.69, 9.17) is 4.84 Å². The number of rotatable bonds is 2. The minimum absolute atomic E-state index is 0.340. The fourth-order valence-electron chi connectivity index (χ4n) is 2.23. The summed E-state index contributed by atoms with van der Waals surface area (Å²) < 4.78 is 0. The Morgan fingerprint density at radius 2 is 1.95 bits per heavy atom. The molecule has 1 fully saturated rings. The van der Waals surface area contributed by atoms with Crippen molar-refractivity contribution in [1.29, 1.82) is 0 Å². The number of pyridine rings is 1. The Labute approximate surface area is 117 Å². The lowest BCUT2D eigenvalue weighted by atomic mass is 10.2. The van der Waals surface area contributed by atoms with Crippen LogP contribution in [0.5, 0.6) is 0 Å². The number of fused-ring (bicyclic) bond motifs is 1. The highest BCUT2D eigenvalue weighted by atomic mass is 16.7. The molecule has 0 N–H and O–H groups in total. The van der Waals surface area contributed by atoms with Gasteiger partial charge >= 0.3 is 5.97 Å². The van der Waals surface area contributed by atoms with E-state index in [0.29, 0.717) is 5.56 Å². The average Bonchev–Trinajstić information content (AvgIpc) is 2.49. The Hall–Kier alpha value is -1.98. The minimum Gasteiger partial charge on any atom is -0.364 e. The van der Waals surface area contributed by atoms with Gasteiger partial charge in [-0.25, -0.2) is 4.79 Å². The Morgan fingerprint density at radius 1 is 1.20 bits per heavy atom. The third kappa shape index (κ3) is 2.79. The SMILES string of the molecule is CN1CCN(OC(=O)c2cnc3ccccc3c2)CC1. The van der Waals surface area contributed by atoms with E-state index < -0.39 is 0 Å². The van der Waals surface area contributed by atoms with Crippen LogP contribution in [0.1, 0.15) is 10.4 Å². The summed E-state index contributed by atoms with van der Waals surface area (Å²) in [6, 6.07) is 9.54. The van der Waals surface area contributed by atoms with Crippen molar-refractivity contribution in [2.45, 2.75) is 0 Å². The van der Waals surface area contributed by atoms with E-state index in [2.05, 4.69) is 16.9 Å². The molecule has 0 unspecified atom stereocenters. The van der Waals surface area contributed by atoms with Gasteiger partial charge in [-0.15, -0.1) is 5.06 Å². The molecule has 1 aromatic heterocycles. The van der Waals surface area contributed by atoms with E-state index in [1.807, 2.05) is 30.3 Å². The second kappa shape index (κ2) is 5.56. The van der Waals surface area contributed by atoms with Crippen molar-refractivity contribution in [3.63, 3.8) is 0 Å². The molecule has 1 aliphatic rings. The molecule has 0 saturated carbocycles. The third-order valence-electron chi connectivity index (χ3n) is 3.50. The zero-order valence-corrected chi connectivity index (χ0v) is 11.5.